The largest absolute Gasteiger partial charge is 0.313 e. The number of nitrogens with one attached hydrogen (secondary N) is 1. The van der Waals surface area contributed by atoms with Crippen LogP contribution in [0.5, 0.6) is 0 Å². The summed E-state index contributed by atoms with van der Waals surface area (Å²) < 4.78 is 0. The summed E-state index contributed by atoms with van der Waals surface area (Å²) in [6, 6.07) is 18.2. The summed E-state index contributed by atoms with van der Waals surface area (Å²) in [5.74, 6) is 0.619. The Kier molecular flexibility index (Phi) is 3.38. The zero-order valence-corrected chi connectivity index (χ0v) is 13.0. The van der Waals surface area contributed by atoms with Crippen molar-refractivity contribution in [1.82, 2.24) is 5.32 Å². The van der Waals surface area contributed by atoms with Crippen LogP contribution in [-0.4, -0.2) is 13.1 Å². The highest BCUT2D eigenvalue weighted by atomic mass is 14.8. The Morgan fingerprint density at radius 2 is 1.68 bits per heavy atom. The summed E-state index contributed by atoms with van der Waals surface area (Å²) in [5, 5.41) is 3.44. The van der Waals surface area contributed by atoms with Gasteiger partial charge in [-0.3, -0.25) is 0 Å². The van der Waals surface area contributed by atoms with Crippen molar-refractivity contribution in [3.63, 3.8) is 0 Å². The van der Waals surface area contributed by atoms with E-state index in [1.807, 2.05) is 6.08 Å². The molecule has 0 heterocycles. The summed E-state index contributed by atoms with van der Waals surface area (Å²) in [6.45, 7) is 5.75. The molecule has 0 atom stereocenters. The molecular formula is C21H23N. The van der Waals surface area contributed by atoms with E-state index in [1.165, 1.54) is 19.3 Å². The second-order valence-corrected chi connectivity index (χ2v) is 6.61. The molecule has 1 nitrogen and oxygen atoms in total. The van der Waals surface area contributed by atoms with Gasteiger partial charge in [-0.15, -0.1) is 6.58 Å². The standard InChI is InChI=1S/C21H23N/c1-2-13-22-14-7-12-21-15-18(16-8-3-5-10-19(16)21)17-9-4-6-11-20(17)21/h2-6,8-11,18,22H,1,7,12-15H2. The minimum Gasteiger partial charge on any atom is -0.313 e. The molecule has 0 saturated heterocycles. The molecule has 0 spiro atoms. The Morgan fingerprint density at radius 1 is 1.05 bits per heavy atom. The second-order valence-electron chi connectivity index (χ2n) is 6.61. The second kappa shape index (κ2) is 5.40. The van der Waals surface area contributed by atoms with Crippen molar-refractivity contribution in [2.45, 2.75) is 30.6 Å². The molecule has 2 aliphatic carbocycles. The molecule has 1 heteroatoms. The van der Waals surface area contributed by atoms with Gasteiger partial charge in [0, 0.05) is 17.9 Å². The predicted molar refractivity (Wildman–Crippen MR) is 92.4 cm³/mol. The van der Waals surface area contributed by atoms with E-state index in [0.717, 1.165) is 13.1 Å². The molecule has 22 heavy (non-hydrogen) atoms. The fraction of sp³-hybridized carbons (Fsp3) is 0.333. The predicted octanol–water partition coefficient (Wildman–Crippen LogP) is 4.38. The van der Waals surface area contributed by atoms with Crippen LogP contribution in [0.15, 0.2) is 61.2 Å². The van der Waals surface area contributed by atoms with Gasteiger partial charge in [0.1, 0.15) is 0 Å². The normalized spacial score (nSPS) is 24.1. The van der Waals surface area contributed by atoms with Crippen LogP contribution in [0.3, 0.4) is 0 Å². The van der Waals surface area contributed by atoms with Crippen LogP contribution in [0.4, 0.5) is 0 Å². The molecule has 2 bridgehead atoms. The van der Waals surface area contributed by atoms with Crippen LogP contribution >= 0.6 is 0 Å². The third-order valence-corrected chi connectivity index (χ3v) is 5.50. The minimum absolute atomic E-state index is 0.258. The number of rotatable bonds is 6. The lowest BCUT2D eigenvalue weighted by atomic mass is 9.72. The van der Waals surface area contributed by atoms with Crippen LogP contribution < -0.4 is 5.32 Å². The fourth-order valence-electron chi connectivity index (χ4n) is 4.66. The molecule has 0 unspecified atom stereocenters. The first-order valence-electron chi connectivity index (χ1n) is 8.37. The smallest absolute Gasteiger partial charge is 0.0218 e. The van der Waals surface area contributed by atoms with Crippen molar-refractivity contribution in [1.29, 1.82) is 0 Å². The monoisotopic (exact) mass is 289 g/mol. The van der Waals surface area contributed by atoms with Gasteiger partial charge < -0.3 is 5.32 Å². The fourth-order valence-corrected chi connectivity index (χ4v) is 4.66. The lowest BCUT2D eigenvalue weighted by molar-refractivity contribution is 0.461. The summed E-state index contributed by atoms with van der Waals surface area (Å²) in [5.41, 5.74) is 6.57. The summed E-state index contributed by atoms with van der Waals surface area (Å²) in [7, 11) is 0. The van der Waals surface area contributed by atoms with E-state index in [-0.39, 0.29) is 5.41 Å². The van der Waals surface area contributed by atoms with Crippen molar-refractivity contribution in [2.75, 3.05) is 13.1 Å². The van der Waals surface area contributed by atoms with Crippen LogP contribution in [0.25, 0.3) is 0 Å². The Bertz CT molecular complexity index is 653. The Balaban J connectivity index is 1.67. The van der Waals surface area contributed by atoms with Gasteiger partial charge in [-0.1, -0.05) is 54.6 Å². The molecule has 0 aromatic heterocycles. The topological polar surface area (TPSA) is 12.0 Å². The molecule has 2 aromatic carbocycles. The maximum Gasteiger partial charge on any atom is 0.0218 e. The van der Waals surface area contributed by atoms with Crippen LogP contribution in [-0.2, 0) is 5.41 Å². The van der Waals surface area contributed by atoms with E-state index in [4.69, 9.17) is 0 Å². The maximum absolute atomic E-state index is 3.77. The van der Waals surface area contributed by atoms with Crippen LogP contribution in [0.1, 0.15) is 47.4 Å². The van der Waals surface area contributed by atoms with E-state index >= 15 is 0 Å². The SMILES string of the molecule is C=CCNCCCC12CC(c3ccccc31)c1ccccc12. The molecule has 2 aromatic rings. The van der Waals surface area contributed by atoms with Gasteiger partial charge in [-0.25, -0.2) is 0 Å². The van der Waals surface area contributed by atoms with Gasteiger partial charge in [0.15, 0.2) is 0 Å². The van der Waals surface area contributed by atoms with E-state index in [9.17, 15) is 0 Å². The molecule has 1 N–H and O–H groups in total. The summed E-state index contributed by atoms with van der Waals surface area (Å²) in [6.07, 6.45) is 5.65. The molecule has 112 valence electrons. The maximum atomic E-state index is 3.77. The van der Waals surface area contributed by atoms with E-state index in [1.54, 1.807) is 22.3 Å². The third kappa shape index (κ3) is 1.89. The molecule has 0 amide bonds. The number of benzene rings is 2. The number of hydrogen-bond donors (Lipinski definition) is 1. The minimum atomic E-state index is 0.258. The van der Waals surface area contributed by atoms with Gasteiger partial charge in [0.2, 0.25) is 0 Å². The molecule has 0 radical (unpaired) electrons. The Hall–Kier alpha value is -1.86. The highest BCUT2D eigenvalue weighted by Crippen LogP contribution is 2.61. The molecule has 0 saturated carbocycles. The van der Waals surface area contributed by atoms with Crippen molar-refractivity contribution >= 4 is 0 Å². The highest BCUT2D eigenvalue weighted by molar-refractivity contribution is 5.62. The van der Waals surface area contributed by atoms with E-state index < -0.39 is 0 Å². The first kappa shape index (κ1) is 13.8. The lowest BCUT2D eigenvalue weighted by Crippen LogP contribution is -2.26. The van der Waals surface area contributed by atoms with Crippen molar-refractivity contribution in [3.8, 4) is 0 Å². The van der Waals surface area contributed by atoms with Gasteiger partial charge in [0.05, 0.1) is 0 Å². The van der Waals surface area contributed by atoms with Gasteiger partial charge in [-0.05, 0) is 48.1 Å². The average molecular weight is 289 g/mol. The van der Waals surface area contributed by atoms with Crippen LogP contribution in [0, 0.1) is 0 Å². The molecular weight excluding hydrogens is 266 g/mol. The summed E-state index contributed by atoms with van der Waals surface area (Å²) >= 11 is 0. The highest BCUT2D eigenvalue weighted by Gasteiger charge is 2.51. The summed E-state index contributed by atoms with van der Waals surface area (Å²) in [4.78, 5) is 0. The quantitative estimate of drug-likeness (QED) is 0.615. The Labute approximate surface area is 133 Å². The van der Waals surface area contributed by atoms with Gasteiger partial charge in [0.25, 0.3) is 0 Å². The van der Waals surface area contributed by atoms with Gasteiger partial charge in [-0.2, -0.15) is 0 Å². The lowest BCUT2D eigenvalue weighted by Gasteiger charge is -2.31. The third-order valence-electron chi connectivity index (χ3n) is 5.50. The average Bonchev–Trinajstić information content (AvgIpc) is 3.08. The number of fused-ring (bicyclic) bond motifs is 8. The van der Waals surface area contributed by atoms with Crippen molar-refractivity contribution < 1.29 is 0 Å². The van der Waals surface area contributed by atoms with Gasteiger partial charge >= 0.3 is 0 Å². The van der Waals surface area contributed by atoms with Crippen molar-refractivity contribution in [2.24, 2.45) is 0 Å². The molecule has 2 aliphatic rings. The van der Waals surface area contributed by atoms with E-state index in [0.29, 0.717) is 5.92 Å². The first-order chi connectivity index (χ1) is 10.9. The molecule has 0 fully saturated rings. The van der Waals surface area contributed by atoms with E-state index in [2.05, 4.69) is 60.4 Å². The van der Waals surface area contributed by atoms with Crippen LogP contribution in [0.2, 0.25) is 0 Å². The molecule has 0 aliphatic heterocycles. The Morgan fingerprint density at radius 3 is 2.32 bits per heavy atom. The molecule has 4 rings (SSSR count). The zero-order valence-electron chi connectivity index (χ0n) is 13.0. The number of hydrogen-bond acceptors (Lipinski definition) is 1. The van der Waals surface area contributed by atoms with Crippen molar-refractivity contribution in [3.05, 3.63) is 83.4 Å². The first-order valence-corrected chi connectivity index (χ1v) is 8.37. The zero-order chi connectivity index (χ0) is 15.0.